The van der Waals surface area contributed by atoms with Crippen LogP contribution in [-0.2, 0) is 14.3 Å². The van der Waals surface area contributed by atoms with Crippen LogP contribution < -0.4 is 5.32 Å². The van der Waals surface area contributed by atoms with Crippen LogP contribution in [0.3, 0.4) is 0 Å². The maximum Gasteiger partial charge on any atom is 0.396 e. The molecule has 1 unspecified atom stereocenters. The van der Waals surface area contributed by atoms with Crippen molar-refractivity contribution in [3.63, 3.8) is 0 Å². The molecule has 72 valence electrons. The number of methoxy groups -OCH3 is 1. The number of esters is 1. The summed E-state index contributed by atoms with van der Waals surface area (Å²) < 4.78 is 4.28. The normalized spacial score (nSPS) is 20.8. The minimum atomic E-state index is -0.824. The van der Waals surface area contributed by atoms with E-state index in [-0.39, 0.29) is 6.04 Å². The summed E-state index contributed by atoms with van der Waals surface area (Å²) in [7, 11) is 1.20. The summed E-state index contributed by atoms with van der Waals surface area (Å²) in [5, 5.41) is 2.60. The monoisotopic (exact) mass is 183 g/mol. The maximum atomic E-state index is 11.0. The zero-order chi connectivity index (χ0) is 9.68. The van der Waals surface area contributed by atoms with Gasteiger partial charge in [-0.05, 0) is 19.3 Å². The first kappa shape index (κ1) is 9.77. The molecule has 0 fully saturated rings. The van der Waals surface area contributed by atoms with E-state index in [1.54, 1.807) is 0 Å². The molecule has 0 saturated heterocycles. The Kier molecular flexibility index (Phi) is 3.49. The fourth-order valence-corrected chi connectivity index (χ4v) is 1.26. The van der Waals surface area contributed by atoms with Gasteiger partial charge in [-0.15, -0.1) is 0 Å². The van der Waals surface area contributed by atoms with Crippen molar-refractivity contribution in [3.05, 3.63) is 12.2 Å². The molecule has 0 aromatic rings. The predicted octanol–water partition coefficient (Wildman–Crippen LogP) is 0.384. The van der Waals surface area contributed by atoms with E-state index >= 15 is 0 Å². The fraction of sp³-hybridized carbons (Fsp3) is 0.556. The number of nitrogens with one attached hydrogen (secondary N) is 1. The summed E-state index contributed by atoms with van der Waals surface area (Å²) in [4.78, 5) is 21.8. The molecule has 0 aromatic heterocycles. The van der Waals surface area contributed by atoms with Gasteiger partial charge in [-0.25, -0.2) is 4.79 Å². The van der Waals surface area contributed by atoms with Crippen molar-refractivity contribution < 1.29 is 14.3 Å². The van der Waals surface area contributed by atoms with Gasteiger partial charge in [-0.3, -0.25) is 4.79 Å². The van der Waals surface area contributed by atoms with E-state index in [0.29, 0.717) is 0 Å². The van der Waals surface area contributed by atoms with Crippen LogP contribution >= 0.6 is 0 Å². The second-order valence-electron chi connectivity index (χ2n) is 2.95. The van der Waals surface area contributed by atoms with Crippen LogP contribution in [0.15, 0.2) is 12.2 Å². The van der Waals surface area contributed by atoms with Crippen molar-refractivity contribution in [3.8, 4) is 0 Å². The molecule has 0 bridgehead atoms. The lowest BCUT2D eigenvalue weighted by molar-refractivity contribution is -0.153. The number of carbonyl (C=O) groups excluding carboxylic acids is 2. The number of allylic oxidation sites excluding steroid dienone is 1. The van der Waals surface area contributed by atoms with Gasteiger partial charge < -0.3 is 10.1 Å². The molecular weight excluding hydrogens is 170 g/mol. The van der Waals surface area contributed by atoms with Gasteiger partial charge >= 0.3 is 11.9 Å². The van der Waals surface area contributed by atoms with Crippen molar-refractivity contribution >= 4 is 11.9 Å². The molecule has 0 spiro atoms. The van der Waals surface area contributed by atoms with E-state index in [1.807, 2.05) is 6.08 Å². The number of hydrogen-bond acceptors (Lipinski definition) is 3. The van der Waals surface area contributed by atoms with E-state index in [1.165, 1.54) is 7.11 Å². The van der Waals surface area contributed by atoms with Crippen LogP contribution in [0, 0.1) is 0 Å². The maximum absolute atomic E-state index is 11.0. The lowest BCUT2D eigenvalue weighted by Gasteiger charge is -2.18. The van der Waals surface area contributed by atoms with Crippen molar-refractivity contribution in [1.82, 2.24) is 5.32 Å². The zero-order valence-corrected chi connectivity index (χ0v) is 7.58. The smallest absolute Gasteiger partial charge is 0.396 e. The number of hydrogen-bond donors (Lipinski definition) is 1. The summed E-state index contributed by atoms with van der Waals surface area (Å²) in [6.07, 6.45) is 6.71. The molecule has 1 N–H and O–H groups in total. The van der Waals surface area contributed by atoms with Gasteiger partial charge in [0.15, 0.2) is 0 Å². The minimum absolute atomic E-state index is 0.0802. The predicted molar refractivity (Wildman–Crippen MR) is 46.9 cm³/mol. The second kappa shape index (κ2) is 4.64. The van der Waals surface area contributed by atoms with Gasteiger partial charge in [0.2, 0.25) is 0 Å². The Balaban J connectivity index is 2.35. The van der Waals surface area contributed by atoms with Crippen LogP contribution in [0.25, 0.3) is 0 Å². The van der Waals surface area contributed by atoms with Gasteiger partial charge in [0.05, 0.1) is 7.11 Å². The summed E-state index contributed by atoms with van der Waals surface area (Å²) in [5.74, 6) is -1.47. The molecule has 0 radical (unpaired) electrons. The summed E-state index contributed by atoms with van der Waals surface area (Å²) in [6.45, 7) is 0. The topological polar surface area (TPSA) is 55.4 Å². The molecule has 0 heterocycles. The minimum Gasteiger partial charge on any atom is -0.462 e. The van der Waals surface area contributed by atoms with E-state index in [0.717, 1.165) is 19.3 Å². The SMILES string of the molecule is COC(=O)C(=O)NC1CC=CCC1. The Hall–Kier alpha value is -1.32. The molecule has 4 heteroatoms. The first-order valence-electron chi connectivity index (χ1n) is 4.28. The van der Waals surface area contributed by atoms with Crippen molar-refractivity contribution in [1.29, 1.82) is 0 Å². The van der Waals surface area contributed by atoms with Gasteiger partial charge in [-0.1, -0.05) is 12.2 Å². The van der Waals surface area contributed by atoms with Crippen molar-refractivity contribution in [2.45, 2.75) is 25.3 Å². The largest absolute Gasteiger partial charge is 0.462 e. The molecule has 13 heavy (non-hydrogen) atoms. The lowest BCUT2D eigenvalue weighted by atomic mass is 10.0. The molecule has 1 rings (SSSR count). The number of carbonyl (C=O) groups is 2. The molecule has 1 atom stereocenters. The molecule has 0 aliphatic heterocycles. The van der Waals surface area contributed by atoms with Gasteiger partial charge in [0, 0.05) is 6.04 Å². The highest BCUT2D eigenvalue weighted by atomic mass is 16.5. The second-order valence-corrected chi connectivity index (χ2v) is 2.95. The molecule has 4 nitrogen and oxygen atoms in total. The van der Waals surface area contributed by atoms with Crippen LogP contribution in [0.1, 0.15) is 19.3 Å². The third kappa shape index (κ3) is 2.89. The molecule has 1 aliphatic rings. The number of amides is 1. The van der Waals surface area contributed by atoms with Crippen LogP contribution in [0.5, 0.6) is 0 Å². The van der Waals surface area contributed by atoms with Crippen LogP contribution in [0.4, 0.5) is 0 Å². The third-order valence-electron chi connectivity index (χ3n) is 1.98. The number of rotatable bonds is 1. The van der Waals surface area contributed by atoms with Crippen LogP contribution in [-0.4, -0.2) is 25.0 Å². The van der Waals surface area contributed by atoms with Gasteiger partial charge in [-0.2, -0.15) is 0 Å². The first-order valence-corrected chi connectivity index (χ1v) is 4.28. The van der Waals surface area contributed by atoms with E-state index < -0.39 is 11.9 Å². The van der Waals surface area contributed by atoms with Gasteiger partial charge in [0.25, 0.3) is 0 Å². The van der Waals surface area contributed by atoms with Crippen molar-refractivity contribution in [2.75, 3.05) is 7.11 Å². The molecular formula is C9H13NO3. The molecule has 0 saturated carbocycles. The van der Waals surface area contributed by atoms with Gasteiger partial charge in [0.1, 0.15) is 0 Å². The van der Waals surface area contributed by atoms with E-state index in [2.05, 4.69) is 16.1 Å². The third-order valence-corrected chi connectivity index (χ3v) is 1.98. The molecule has 0 aromatic carbocycles. The van der Waals surface area contributed by atoms with E-state index in [4.69, 9.17) is 0 Å². The van der Waals surface area contributed by atoms with Crippen molar-refractivity contribution in [2.24, 2.45) is 0 Å². The Morgan fingerprint density at radius 3 is 2.77 bits per heavy atom. The highest BCUT2D eigenvalue weighted by molar-refractivity contribution is 6.32. The molecule has 1 amide bonds. The first-order chi connectivity index (χ1) is 6.24. The average molecular weight is 183 g/mol. The standard InChI is InChI=1S/C9H13NO3/c1-13-9(12)8(11)10-7-5-3-2-4-6-7/h2-3,7H,4-6H2,1H3,(H,10,11). The zero-order valence-electron chi connectivity index (χ0n) is 7.58. The Bertz CT molecular complexity index is 235. The Morgan fingerprint density at radius 1 is 1.46 bits per heavy atom. The number of ether oxygens (including phenoxy) is 1. The fourth-order valence-electron chi connectivity index (χ4n) is 1.26. The quantitative estimate of drug-likeness (QED) is 0.363. The average Bonchev–Trinajstić information content (AvgIpc) is 2.18. The van der Waals surface area contributed by atoms with Crippen LogP contribution in [0.2, 0.25) is 0 Å². The highest BCUT2D eigenvalue weighted by Gasteiger charge is 2.18. The lowest BCUT2D eigenvalue weighted by Crippen LogP contribution is -2.40. The Labute approximate surface area is 76.9 Å². The molecule has 1 aliphatic carbocycles. The summed E-state index contributed by atoms with van der Waals surface area (Å²) in [5.41, 5.74) is 0. The van der Waals surface area contributed by atoms with E-state index in [9.17, 15) is 9.59 Å². The summed E-state index contributed by atoms with van der Waals surface area (Å²) in [6, 6.07) is 0.0802. The summed E-state index contributed by atoms with van der Waals surface area (Å²) >= 11 is 0. The highest BCUT2D eigenvalue weighted by Crippen LogP contribution is 2.10. The Morgan fingerprint density at radius 2 is 2.23 bits per heavy atom.